The minimum absolute atomic E-state index is 0.172. The molecular formula is C14H11N7O2S3. The molecule has 12 heteroatoms. The Morgan fingerprint density at radius 2 is 2.08 bits per heavy atom. The van der Waals surface area contributed by atoms with Crippen molar-refractivity contribution in [2.75, 3.05) is 5.73 Å². The van der Waals surface area contributed by atoms with Crippen LogP contribution in [0.4, 0.5) is 5.13 Å². The summed E-state index contributed by atoms with van der Waals surface area (Å²) in [6.07, 6.45) is 0. The summed E-state index contributed by atoms with van der Waals surface area (Å²) in [5.41, 5.74) is 8.60. The van der Waals surface area contributed by atoms with Gasteiger partial charge in [0.1, 0.15) is 0 Å². The second kappa shape index (κ2) is 6.74. The molecule has 0 aliphatic heterocycles. The van der Waals surface area contributed by atoms with E-state index in [-0.39, 0.29) is 10.7 Å². The van der Waals surface area contributed by atoms with E-state index in [1.54, 1.807) is 12.1 Å². The lowest BCUT2D eigenvalue weighted by Gasteiger charge is -2.14. The third-order valence-electron chi connectivity index (χ3n) is 3.72. The summed E-state index contributed by atoms with van der Waals surface area (Å²) in [5, 5.41) is 20.3. The van der Waals surface area contributed by atoms with Gasteiger partial charge >= 0.3 is 0 Å². The number of hydrogen-bond donors (Lipinski definition) is 4. The van der Waals surface area contributed by atoms with E-state index < -0.39 is 11.1 Å². The molecule has 0 bridgehead atoms. The molecule has 1 unspecified atom stereocenters. The van der Waals surface area contributed by atoms with Crippen LogP contribution in [0.15, 0.2) is 40.1 Å². The average molecular weight is 405 g/mol. The number of H-pyrrole nitrogens is 1. The molecule has 0 fully saturated rings. The van der Waals surface area contributed by atoms with Gasteiger partial charge in [-0.3, -0.25) is 5.14 Å². The number of rotatable bonds is 4. The predicted octanol–water partition coefficient (Wildman–Crippen LogP) is 2.27. The molecule has 2 aromatic heterocycles. The highest BCUT2D eigenvalue weighted by Crippen LogP contribution is 2.42. The molecule has 0 amide bonds. The van der Waals surface area contributed by atoms with Crippen molar-refractivity contribution in [1.82, 2.24) is 25.6 Å². The van der Waals surface area contributed by atoms with Crippen LogP contribution in [0, 0.1) is 0 Å². The van der Waals surface area contributed by atoms with Crippen molar-refractivity contribution >= 4 is 49.7 Å². The number of nitrogens with zero attached hydrogens (tertiary/aromatic N) is 4. The van der Waals surface area contributed by atoms with E-state index in [0.717, 1.165) is 27.7 Å². The molecule has 0 spiro atoms. The van der Waals surface area contributed by atoms with Crippen LogP contribution in [0.1, 0.15) is 0 Å². The van der Waals surface area contributed by atoms with Crippen molar-refractivity contribution in [2.24, 2.45) is 5.14 Å². The fourth-order valence-electron chi connectivity index (χ4n) is 2.72. The van der Waals surface area contributed by atoms with E-state index in [9.17, 15) is 8.76 Å². The Bertz CT molecular complexity index is 1130. The normalized spacial score (nSPS) is 12.5. The number of nitrogens with two attached hydrogens (primary N) is 2. The van der Waals surface area contributed by atoms with Gasteiger partial charge in [-0.15, -0.1) is 10.2 Å². The number of anilines is 1. The Morgan fingerprint density at radius 3 is 2.77 bits per heavy atom. The minimum atomic E-state index is -2.22. The first-order valence-corrected chi connectivity index (χ1v) is 9.94. The number of para-hydroxylation sites is 1. The monoisotopic (exact) mass is 405 g/mol. The number of nitrogen functional groups attached to an aromatic ring is 1. The van der Waals surface area contributed by atoms with Crippen LogP contribution in [0.2, 0.25) is 0 Å². The first kappa shape index (κ1) is 17.1. The molecule has 0 aliphatic rings. The maximum Gasteiger partial charge on any atom is 0.206 e. The van der Waals surface area contributed by atoms with Gasteiger partial charge in [-0.25, -0.2) is 9.19 Å². The summed E-state index contributed by atoms with van der Waals surface area (Å²) in [4.78, 5) is 4.98. The van der Waals surface area contributed by atoms with Crippen molar-refractivity contribution in [1.29, 1.82) is 0 Å². The van der Waals surface area contributed by atoms with Gasteiger partial charge in [0, 0.05) is 11.1 Å². The summed E-state index contributed by atoms with van der Waals surface area (Å²) in [6.45, 7) is 0. The lowest BCUT2D eigenvalue weighted by atomic mass is 9.98. The lowest BCUT2D eigenvalue weighted by Crippen LogP contribution is -2.00. The smallest absolute Gasteiger partial charge is 0.206 e. The molecular weight excluding hydrogens is 394 g/mol. The Labute approximate surface area is 157 Å². The Kier molecular flexibility index (Phi) is 4.42. The summed E-state index contributed by atoms with van der Waals surface area (Å²) in [7, 11) is 0. The van der Waals surface area contributed by atoms with E-state index in [1.165, 1.54) is 11.3 Å². The van der Waals surface area contributed by atoms with Crippen molar-refractivity contribution < 1.29 is 8.76 Å². The Balaban J connectivity index is 2.10. The number of nitrogens with one attached hydrogen (secondary N) is 1. The molecule has 9 nitrogen and oxygen atoms in total. The molecule has 2 aromatic carbocycles. The summed E-state index contributed by atoms with van der Waals surface area (Å²) < 4.78 is 22.2. The van der Waals surface area contributed by atoms with Crippen LogP contribution in [0.3, 0.4) is 0 Å². The third kappa shape index (κ3) is 2.77. The van der Waals surface area contributed by atoms with Gasteiger partial charge in [0.25, 0.3) is 0 Å². The van der Waals surface area contributed by atoms with Crippen LogP contribution in [0.5, 0.6) is 0 Å². The molecule has 0 aliphatic carbocycles. The van der Waals surface area contributed by atoms with Crippen LogP contribution in [-0.4, -0.2) is 34.4 Å². The van der Waals surface area contributed by atoms with Crippen molar-refractivity contribution in [3.05, 3.63) is 30.3 Å². The Hall–Kier alpha value is -2.38. The van der Waals surface area contributed by atoms with E-state index in [0.29, 0.717) is 21.2 Å². The molecule has 0 saturated heterocycles. The fraction of sp³-hybridized carbons (Fsp3) is 0. The first-order chi connectivity index (χ1) is 12.6. The van der Waals surface area contributed by atoms with E-state index in [1.807, 2.05) is 18.2 Å². The number of benzene rings is 2. The summed E-state index contributed by atoms with van der Waals surface area (Å²) in [6, 6.07) is 8.98. The zero-order chi connectivity index (χ0) is 18.3. The lowest BCUT2D eigenvalue weighted by molar-refractivity contribution is 0.562. The zero-order valence-electron chi connectivity index (χ0n) is 12.9. The summed E-state index contributed by atoms with van der Waals surface area (Å²) in [5.74, 6) is 0.264. The maximum absolute atomic E-state index is 11.7. The standard InChI is InChI=1S/C14H11N7O2S3/c15-14-17-11-7(2-1-3-8(11)24-14)6-4-5-9(26(22)23)12(25-16)10(6)13-18-20-21-19-13/h1-5H,16H2,(H2,15,17)(H,22,23)(H,18,19,20,21). The van der Waals surface area contributed by atoms with Crippen LogP contribution in [0.25, 0.3) is 32.7 Å². The number of aromatic nitrogens is 5. The third-order valence-corrected chi connectivity index (χ3v) is 6.08. The fourth-order valence-corrected chi connectivity index (χ4v) is 4.78. The van der Waals surface area contributed by atoms with Gasteiger partial charge in [-0.2, -0.15) is 5.21 Å². The molecule has 0 radical (unpaired) electrons. The molecule has 0 saturated carbocycles. The molecule has 6 N–H and O–H groups in total. The van der Waals surface area contributed by atoms with Crippen molar-refractivity contribution in [3.8, 4) is 22.5 Å². The SMILES string of the molecule is NSc1c(S(=O)O)ccc(-c2cccc3sc(N)nc23)c1-c1nn[nH]n1. The van der Waals surface area contributed by atoms with Gasteiger partial charge in [0.05, 0.1) is 20.0 Å². The van der Waals surface area contributed by atoms with Gasteiger partial charge in [-0.05, 0) is 34.9 Å². The molecule has 132 valence electrons. The van der Waals surface area contributed by atoms with E-state index >= 15 is 0 Å². The van der Waals surface area contributed by atoms with Gasteiger partial charge < -0.3 is 10.3 Å². The first-order valence-electron chi connectivity index (χ1n) is 7.14. The predicted molar refractivity (Wildman–Crippen MR) is 102 cm³/mol. The van der Waals surface area contributed by atoms with Crippen molar-refractivity contribution in [3.63, 3.8) is 0 Å². The van der Waals surface area contributed by atoms with Crippen LogP contribution >= 0.6 is 23.3 Å². The number of hydrogen-bond acceptors (Lipinski definition) is 9. The highest BCUT2D eigenvalue weighted by atomic mass is 32.2. The maximum atomic E-state index is 11.7. The highest BCUT2D eigenvalue weighted by molar-refractivity contribution is 7.97. The topological polar surface area (TPSA) is 157 Å². The minimum Gasteiger partial charge on any atom is -0.375 e. The number of fused-ring (bicyclic) bond motifs is 1. The number of aromatic amines is 1. The Morgan fingerprint density at radius 1 is 1.23 bits per heavy atom. The average Bonchev–Trinajstić information content (AvgIpc) is 3.28. The van der Waals surface area contributed by atoms with Gasteiger partial charge in [0.15, 0.2) is 16.2 Å². The molecule has 4 aromatic rings. The quantitative estimate of drug-likeness (QED) is 0.295. The van der Waals surface area contributed by atoms with Gasteiger partial charge in [0.2, 0.25) is 5.82 Å². The zero-order valence-corrected chi connectivity index (χ0v) is 15.4. The molecule has 26 heavy (non-hydrogen) atoms. The second-order valence-electron chi connectivity index (χ2n) is 5.12. The molecule has 1 atom stereocenters. The van der Waals surface area contributed by atoms with Crippen LogP contribution in [-0.2, 0) is 11.1 Å². The summed E-state index contributed by atoms with van der Waals surface area (Å²) >= 11 is 0.0110. The highest BCUT2D eigenvalue weighted by Gasteiger charge is 2.23. The van der Waals surface area contributed by atoms with E-state index in [2.05, 4.69) is 25.6 Å². The second-order valence-corrected chi connectivity index (χ2v) is 7.77. The van der Waals surface area contributed by atoms with E-state index in [4.69, 9.17) is 10.9 Å². The molecule has 4 rings (SSSR count). The van der Waals surface area contributed by atoms with Crippen molar-refractivity contribution in [2.45, 2.75) is 9.79 Å². The van der Waals surface area contributed by atoms with Crippen LogP contribution < -0.4 is 10.9 Å². The number of thiazole rings is 1. The number of tetrazole rings is 1. The largest absolute Gasteiger partial charge is 0.375 e. The van der Waals surface area contributed by atoms with Gasteiger partial charge in [-0.1, -0.05) is 29.5 Å². The molecule has 2 heterocycles.